The van der Waals surface area contributed by atoms with Gasteiger partial charge in [0.15, 0.2) is 0 Å². The summed E-state index contributed by atoms with van der Waals surface area (Å²) in [6.07, 6.45) is 6.99. The van der Waals surface area contributed by atoms with Crippen molar-refractivity contribution in [3.05, 3.63) is 18.7 Å². The van der Waals surface area contributed by atoms with Crippen molar-refractivity contribution >= 4 is 0 Å². The number of nitrogens with zero attached hydrogens (tertiary/aromatic N) is 3. The van der Waals surface area contributed by atoms with E-state index in [2.05, 4.69) is 40.5 Å². The van der Waals surface area contributed by atoms with Gasteiger partial charge in [-0.15, -0.1) is 0 Å². The molecule has 2 heterocycles. The highest BCUT2D eigenvalue weighted by molar-refractivity contribution is 4.87. The van der Waals surface area contributed by atoms with Gasteiger partial charge in [0.05, 0.1) is 6.33 Å². The Labute approximate surface area is 110 Å². The van der Waals surface area contributed by atoms with Crippen molar-refractivity contribution in [2.45, 2.75) is 39.8 Å². The molecule has 0 radical (unpaired) electrons. The van der Waals surface area contributed by atoms with Crippen molar-refractivity contribution in [3.8, 4) is 0 Å². The highest BCUT2D eigenvalue weighted by Gasteiger charge is 2.28. The molecule has 4 nitrogen and oxygen atoms in total. The first-order valence-electron chi connectivity index (χ1n) is 6.97. The lowest BCUT2D eigenvalue weighted by Gasteiger charge is -2.40. The van der Waals surface area contributed by atoms with Gasteiger partial charge in [-0.25, -0.2) is 4.98 Å². The van der Waals surface area contributed by atoms with Crippen LogP contribution in [0.4, 0.5) is 0 Å². The molecule has 18 heavy (non-hydrogen) atoms. The van der Waals surface area contributed by atoms with Gasteiger partial charge in [-0.1, -0.05) is 20.8 Å². The SMILES string of the molecule is CC(C)(C)C1CN(CCCn2ccnc2)CCN1. The number of imidazole rings is 1. The summed E-state index contributed by atoms with van der Waals surface area (Å²) < 4.78 is 2.16. The molecule has 1 fully saturated rings. The maximum atomic E-state index is 4.07. The summed E-state index contributed by atoms with van der Waals surface area (Å²) in [5.41, 5.74) is 0.350. The van der Waals surface area contributed by atoms with E-state index in [-0.39, 0.29) is 0 Å². The number of nitrogens with one attached hydrogen (secondary N) is 1. The Morgan fingerprint density at radius 1 is 1.33 bits per heavy atom. The molecule has 0 spiro atoms. The fraction of sp³-hybridized carbons (Fsp3) is 0.786. The van der Waals surface area contributed by atoms with Crippen LogP contribution >= 0.6 is 0 Å². The Hall–Kier alpha value is -0.870. The molecule has 1 N–H and O–H groups in total. The standard InChI is InChI=1S/C14H26N4/c1-14(2,3)13-11-17(10-6-16-13)7-4-8-18-9-5-15-12-18/h5,9,12-13,16H,4,6-8,10-11H2,1-3H3. The van der Waals surface area contributed by atoms with Crippen LogP contribution in [0.5, 0.6) is 0 Å². The van der Waals surface area contributed by atoms with Crippen molar-refractivity contribution < 1.29 is 0 Å². The van der Waals surface area contributed by atoms with Gasteiger partial charge in [-0.2, -0.15) is 0 Å². The average Bonchev–Trinajstić information content (AvgIpc) is 2.81. The maximum absolute atomic E-state index is 4.07. The molecule has 1 unspecified atom stereocenters. The van der Waals surface area contributed by atoms with E-state index in [0.717, 1.165) is 13.1 Å². The monoisotopic (exact) mass is 250 g/mol. The van der Waals surface area contributed by atoms with Gasteiger partial charge in [0, 0.05) is 44.6 Å². The third kappa shape index (κ3) is 3.82. The van der Waals surface area contributed by atoms with Crippen LogP contribution in [0.1, 0.15) is 27.2 Å². The number of hydrogen-bond acceptors (Lipinski definition) is 3. The molecule has 0 aromatic carbocycles. The van der Waals surface area contributed by atoms with Gasteiger partial charge in [-0.3, -0.25) is 0 Å². The molecule has 4 heteroatoms. The van der Waals surface area contributed by atoms with Crippen molar-refractivity contribution in [3.63, 3.8) is 0 Å². The summed E-state index contributed by atoms with van der Waals surface area (Å²) in [4.78, 5) is 6.66. The van der Waals surface area contributed by atoms with Crippen molar-refractivity contribution in [1.82, 2.24) is 19.8 Å². The molecule has 1 aliphatic heterocycles. The molecule has 0 amide bonds. The van der Waals surface area contributed by atoms with Crippen LogP contribution in [0.25, 0.3) is 0 Å². The molecule has 0 aliphatic carbocycles. The van der Waals surface area contributed by atoms with Crippen LogP contribution in [-0.2, 0) is 6.54 Å². The van der Waals surface area contributed by atoms with E-state index in [1.54, 1.807) is 0 Å². The smallest absolute Gasteiger partial charge is 0.0945 e. The van der Waals surface area contributed by atoms with E-state index < -0.39 is 0 Å². The zero-order chi connectivity index (χ0) is 13.0. The largest absolute Gasteiger partial charge is 0.337 e. The minimum atomic E-state index is 0.350. The summed E-state index contributed by atoms with van der Waals surface area (Å²) in [7, 11) is 0. The number of piperazine rings is 1. The molecule has 1 aromatic rings. The minimum Gasteiger partial charge on any atom is -0.337 e. The molecule has 1 saturated heterocycles. The Morgan fingerprint density at radius 2 is 2.17 bits per heavy atom. The fourth-order valence-corrected chi connectivity index (χ4v) is 2.49. The second-order valence-electron chi connectivity index (χ2n) is 6.33. The van der Waals surface area contributed by atoms with E-state index in [1.807, 2.05) is 18.7 Å². The van der Waals surface area contributed by atoms with Crippen LogP contribution in [0.3, 0.4) is 0 Å². The summed E-state index contributed by atoms with van der Waals surface area (Å²) >= 11 is 0. The van der Waals surface area contributed by atoms with E-state index >= 15 is 0 Å². The van der Waals surface area contributed by atoms with Gasteiger partial charge in [0.25, 0.3) is 0 Å². The Morgan fingerprint density at radius 3 is 2.83 bits per heavy atom. The zero-order valence-corrected chi connectivity index (χ0v) is 11.9. The molecule has 1 aromatic heterocycles. The van der Waals surface area contributed by atoms with Crippen molar-refractivity contribution in [2.75, 3.05) is 26.2 Å². The molecule has 0 saturated carbocycles. The first-order valence-corrected chi connectivity index (χ1v) is 6.97. The summed E-state index contributed by atoms with van der Waals surface area (Å²) in [6, 6.07) is 0.611. The molecular weight excluding hydrogens is 224 g/mol. The number of aromatic nitrogens is 2. The lowest BCUT2D eigenvalue weighted by molar-refractivity contribution is 0.132. The van der Waals surface area contributed by atoms with E-state index in [1.165, 1.54) is 26.1 Å². The normalized spacial score (nSPS) is 22.3. The Balaban J connectivity index is 1.73. The van der Waals surface area contributed by atoms with Gasteiger partial charge < -0.3 is 14.8 Å². The quantitative estimate of drug-likeness (QED) is 0.881. The maximum Gasteiger partial charge on any atom is 0.0945 e. The average molecular weight is 250 g/mol. The van der Waals surface area contributed by atoms with Gasteiger partial charge >= 0.3 is 0 Å². The molecule has 102 valence electrons. The minimum absolute atomic E-state index is 0.350. The van der Waals surface area contributed by atoms with Crippen molar-refractivity contribution in [2.24, 2.45) is 5.41 Å². The van der Waals surface area contributed by atoms with Crippen LogP contribution in [0, 0.1) is 5.41 Å². The second-order valence-corrected chi connectivity index (χ2v) is 6.33. The summed E-state index contributed by atoms with van der Waals surface area (Å²) in [5, 5.41) is 3.64. The first-order chi connectivity index (χ1) is 8.55. The molecule has 1 atom stereocenters. The Bertz CT molecular complexity index is 339. The molecule has 2 rings (SSSR count). The third-order valence-electron chi connectivity index (χ3n) is 3.75. The van der Waals surface area contributed by atoms with Crippen molar-refractivity contribution in [1.29, 1.82) is 0 Å². The topological polar surface area (TPSA) is 33.1 Å². The predicted molar refractivity (Wildman–Crippen MR) is 74.5 cm³/mol. The lowest BCUT2D eigenvalue weighted by atomic mass is 9.85. The lowest BCUT2D eigenvalue weighted by Crippen LogP contribution is -2.55. The second kappa shape index (κ2) is 5.85. The fourth-order valence-electron chi connectivity index (χ4n) is 2.49. The molecular formula is C14H26N4. The van der Waals surface area contributed by atoms with Gasteiger partial charge in [-0.05, 0) is 18.4 Å². The predicted octanol–water partition coefficient (Wildman–Crippen LogP) is 1.59. The van der Waals surface area contributed by atoms with Crippen LogP contribution in [-0.4, -0.2) is 46.7 Å². The summed E-state index contributed by atoms with van der Waals surface area (Å²) in [5.74, 6) is 0. The molecule has 1 aliphatic rings. The van der Waals surface area contributed by atoms with E-state index in [9.17, 15) is 0 Å². The third-order valence-corrected chi connectivity index (χ3v) is 3.75. The Kier molecular flexibility index (Phi) is 4.40. The zero-order valence-electron chi connectivity index (χ0n) is 11.9. The first kappa shape index (κ1) is 13.6. The van der Waals surface area contributed by atoms with Gasteiger partial charge in [0.1, 0.15) is 0 Å². The number of aryl methyl sites for hydroxylation is 1. The molecule has 0 bridgehead atoms. The van der Waals surface area contributed by atoms with Crippen LogP contribution in [0.2, 0.25) is 0 Å². The summed E-state index contributed by atoms with van der Waals surface area (Å²) in [6.45, 7) is 12.7. The van der Waals surface area contributed by atoms with E-state index in [4.69, 9.17) is 0 Å². The number of rotatable bonds is 4. The van der Waals surface area contributed by atoms with E-state index in [0.29, 0.717) is 11.5 Å². The van der Waals surface area contributed by atoms with Crippen LogP contribution < -0.4 is 5.32 Å². The number of hydrogen-bond donors (Lipinski definition) is 1. The highest BCUT2D eigenvalue weighted by Crippen LogP contribution is 2.21. The van der Waals surface area contributed by atoms with Gasteiger partial charge in [0.2, 0.25) is 0 Å². The van der Waals surface area contributed by atoms with Crippen LogP contribution in [0.15, 0.2) is 18.7 Å². The highest BCUT2D eigenvalue weighted by atomic mass is 15.2.